The van der Waals surface area contributed by atoms with E-state index in [2.05, 4.69) is 37.8 Å². The Kier molecular flexibility index (Phi) is 6.51. The lowest BCUT2D eigenvalue weighted by Gasteiger charge is -2.41. The van der Waals surface area contributed by atoms with E-state index in [0.717, 1.165) is 30.9 Å². The molecule has 0 aromatic heterocycles. The van der Waals surface area contributed by atoms with Crippen molar-refractivity contribution in [3.63, 3.8) is 0 Å². The highest BCUT2D eigenvalue weighted by molar-refractivity contribution is 7.99. The van der Waals surface area contributed by atoms with Crippen LogP contribution in [0.3, 0.4) is 0 Å². The Labute approximate surface area is 123 Å². The van der Waals surface area contributed by atoms with Crippen LogP contribution in [-0.4, -0.2) is 36.8 Å². The van der Waals surface area contributed by atoms with Crippen molar-refractivity contribution in [3.8, 4) is 0 Å². The van der Waals surface area contributed by atoms with Crippen molar-refractivity contribution in [1.82, 2.24) is 5.32 Å². The summed E-state index contributed by atoms with van der Waals surface area (Å²) in [5.74, 6) is 4.96. The summed E-state index contributed by atoms with van der Waals surface area (Å²) >= 11 is 2.07. The van der Waals surface area contributed by atoms with Crippen LogP contribution in [-0.2, 0) is 4.74 Å². The SMILES string of the molecule is CCCNC(C1CCC(C)C(C)C1)C1CSCCO1. The largest absolute Gasteiger partial charge is 0.375 e. The van der Waals surface area contributed by atoms with Gasteiger partial charge in [0.05, 0.1) is 12.7 Å². The highest BCUT2D eigenvalue weighted by Gasteiger charge is 2.35. The summed E-state index contributed by atoms with van der Waals surface area (Å²) in [6.45, 7) is 9.19. The lowest BCUT2D eigenvalue weighted by atomic mass is 9.72. The maximum Gasteiger partial charge on any atom is 0.0821 e. The first-order valence-electron chi connectivity index (χ1n) is 8.15. The summed E-state index contributed by atoms with van der Waals surface area (Å²) < 4.78 is 6.07. The monoisotopic (exact) mass is 285 g/mol. The van der Waals surface area contributed by atoms with E-state index >= 15 is 0 Å². The molecule has 2 fully saturated rings. The van der Waals surface area contributed by atoms with Gasteiger partial charge in [0.25, 0.3) is 0 Å². The van der Waals surface area contributed by atoms with Crippen molar-refractivity contribution < 1.29 is 4.74 Å². The molecule has 0 aromatic carbocycles. The molecule has 2 nitrogen and oxygen atoms in total. The number of ether oxygens (including phenoxy) is 1. The molecule has 5 unspecified atom stereocenters. The van der Waals surface area contributed by atoms with Gasteiger partial charge in [0.15, 0.2) is 0 Å². The zero-order valence-corrected chi connectivity index (χ0v) is 13.7. The molecule has 1 aliphatic heterocycles. The van der Waals surface area contributed by atoms with Crippen molar-refractivity contribution >= 4 is 11.8 Å². The lowest BCUT2D eigenvalue weighted by molar-refractivity contribution is 0.0153. The quantitative estimate of drug-likeness (QED) is 0.834. The third kappa shape index (κ3) is 4.37. The molecule has 112 valence electrons. The third-order valence-corrected chi connectivity index (χ3v) is 6.04. The Hall–Kier alpha value is 0.270. The predicted molar refractivity (Wildman–Crippen MR) is 84.8 cm³/mol. The molecular weight excluding hydrogens is 254 g/mol. The van der Waals surface area contributed by atoms with Crippen molar-refractivity contribution in [2.24, 2.45) is 17.8 Å². The van der Waals surface area contributed by atoms with Gasteiger partial charge in [0.1, 0.15) is 0 Å². The van der Waals surface area contributed by atoms with E-state index in [-0.39, 0.29) is 0 Å². The van der Waals surface area contributed by atoms with Crippen LogP contribution in [0.2, 0.25) is 0 Å². The van der Waals surface area contributed by atoms with E-state index in [9.17, 15) is 0 Å². The molecule has 0 aromatic rings. The highest BCUT2D eigenvalue weighted by atomic mass is 32.2. The van der Waals surface area contributed by atoms with Gasteiger partial charge in [-0.15, -0.1) is 0 Å². The van der Waals surface area contributed by atoms with Crippen LogP contribution >= 0.6 is 11.8 Å². The molecule has 1 aliphatic carbocycles. The molecule has 1 heterocycles. The van der Waals surface area contributed by atoms with Gasteiger partial charge >= 0.3 is 0 Å². The van der Waals surface area contributed by atoms with Gasteiger partial charge in [-0.25, -0.2) is 0 Å². The van der Waals surface area contributed by atoms with E-state index in [1.807, 2.05) is 0 Å². The number of hydrogen-bond donors (Lipinski definition) is 1. The second-order valence-electron chi connectivity index (χ2n) is 6.49. The Morgan fingerprint density at radius 2 is 2.11 bits per heavy atom. The Morgan fingerprint density at radius 3 is 2.74 bits per heavy atom. The fourth-order valence-corrected chi connectivity index (χ4v) is 4.46. The zero-order chi connectivity index (χ0) is 13.7. The first-order valence-corrected chi connectivity index (χ1v) is 9.30. The van der Waals surface area contributed by atoms with Crippen LogP contribution in [0.5, 0.6) is 0 Å². The maximum atomic E-state index is 6.07. The number of hydrogen-bond acceptors (Lipinski definition) is 3. The topological polar surface area (TPSA) is 21.3 Å². The Balaban J connectivity index is 1.95. The summed E-state index contributed by atoms with van der Waals surface area (Å²) in [5, 5.41) is 3.81. The summed E-state index contributed by atoms with van der Waals surface area (Å²) in [4.78, 5) is 0. The minimum atomic E-state index is 0.441. The van der Waals surface area contributed by atoms with Gasteiger partial charge in [-0.05, 0) is 43.6 Å². The molecule has 1 saturated carbocycles. The first kappa shape index (κ1) is 15.7. The van der Waals surface area contributed by atoms with E-state index in [0.29, 0.717) is 12.1 Å². The number of thioether (sulfide) groups is 1. The van der Waals surface area contributed by atoms with E-state index in [1.165, 1.54) is 37.2 Å². The average Bonchev–Trinajstić information content (AvgIpc) is 2.44. The normalized spacial score (nSPS) is 38.1. The molecule has 0 amide bonds. The summed E-state index contributed by atoms with van der Waals surface area (Å²) in [6, 6.07) is 0.586. The lowest BCUT2D eigenvalue weighted by Crippen LogP contribution is -2.51. The Bertz CT molecular complexity index is 255. The van der Waals surface area contributed by atoms with E-state index < -0.39 is 0 Å². The number of nitrogens with one attached hydrogen (secondary N) is 1. The molecule has 19 heavy (non-hydrogen) atoms. The molecule has 0 radical (unpaired) electrons. The fourth-order valence-electron chi connectivity index (χ4n) is 3.54. The van der Waals surface area contributed by atoms with Crippen molar-refractivity contribution in [1.29, 1.82) is 0 Å². The van der Waals surface area contributed by atoms with Gasteiger partial charge < -0.3 is 10.1 Å². The molecule has 0 bridgehead atoms. The average molecular weight is 285 g/mol. The second kappa shape index (κ2) is 7.90. The van der Waals surface area contributed by atoms with Crippen LogP contribution in [0, 0.1) is 17.8 Å². The maximum absolute atomic E-state index is 6.07. The zero-order valence-electron chi connectivity index (χ0n) is 12.9. The van der Waals surface area contributed by atoms with Gasteiger partial charge in [-0.2, -0.15) is 11.8 Å². The van der Waals surface area contributed by atoms with Gasteiger partial charge in [0.2, 0.25) is 0 Å². The predicted octanol–water partition coefficient (Wildman–Crippen LogP) is 3.56. The van der Waals surface area contributed by atoms with E-state index in [1.54, 1.807) is 0 Å². The molecule has 1 saturated heterocycles. The van der Waals surface area contributed by atoms with Crippen molar-refractivity contribution in [2.45, 2.75) is 58.6 Å². The van der Waals surface area contributed by atoms with Gasteiger partial charge in [0, 0.05) is 17.5 Å². The third-order valence-electron chi connectivity index (χ3n) is 5.02. The van der Waals surface area contributed by atoms with Crippen LogP contribution in [0.15, 0.2) is 0 Å². The molecule has 5 atom stereocenters. The molecule has 2 aliphatic rings. The number of rotatable bonds is 5. The summed E-state index contributed by atoms with van der Waals surface area (Å²) in [7, 11) is 0. The Morgan fingerprint density at radius 1 is 1.26 bits per heavy atom. The summed E-state index contributed by atoms with van der Waals surface area (Å²) in [6.07, 6.45) is 5.83. The molecular formula is C16H31NOS. The molecule has 1 N–H and O–H groups in total. The minimum Gasteiger partial charge on any atom is -0.375 e. The smallest absolute Gasteiger partial charge is 0.0821 e. The minimum absolute atomic E-state index is 0.441. The highest BCUT2D eigenvalue weighted by Crippen LogP contribution is 2.37. The van der Waals surface area contributed by atoms with Crippen LogP contribution in [0.25, 0.3) is 0 Å². The molecule has 0 spiro atoms. The first-order chi connectivity index (χ1) is 9.22. The molecule has 3 heteroatoms. The van der Waals surface area contributed by atoms with Gasteiger partial charge in [-0.1, -0.05) is 27.2 Å². The van der Waals surface area contributed by atoms with Gasteiger partial charge in [-0.3, -0.25) is 0 Å². The van der Waals surface area contributed by atoms with Crippen molar-refractivity contribution in [3.05, 3.63) is 0 Å². The van der Waals surface area contributed by atoms with Crippen molar-refractivity contribution in [2.75, 3.05) is 24.7 Å². The van der Waals surface area contributed by atoms with Crippen LogP contribution in [0.1, 0.15) is 46.5 Å². The van der Waals surface area contributed by atoms with Crippen LogP contribution in [0.4, 0.5) is 0 Å². The summed E-state index contributed by atoms with van der Waals surface area (Å²) in [5.41, 5.74) is 0. The second-order valence-corrected chi connectivity index (χ2v) is 7.64. The fraction of sp³-hybridized carbons (Fsp3) is 1.00. The molecule has 2 rings (SSSR count). The standard InChI is InChI=1S/C16H31NOS/c1-4-7-17-16(15-11-19-9-8-18-15)14-6-5-12(2)13(3)10-14/h12-17H,4-11H2,1-3H3. The van der Waals surface area contributed by atoms with Crippen LogP contribution < -0.4 is 5.32 Å². The van der Waals surface area contributed by atoms with E-state index in [4.69, 9.17) is 4.74 Å².